The maximum absolute atomic E-state index is 12.5. The SMILES string of the molecule is CCC[C@@](C)(OC)C(=O)Nc1ccc(OCC)c(C(=O)OCC)c1. The van der Waals surface area contributed by atoms with Crippen molar-refractivity contribution in [3.05, 3.63) is 23.8 Å². The summed E-state index contributed by atoms with van der Waals surface area (Å²) in [5.74, 6) is -0.317. The highest BCUT2D eigenvalue weighted by molar-refractivity contribution is 5.99. The van der Waals surface area contributed by atoms with Gasteiger partial charge < -0.3 is 19.5 Å². The standard InChI is InChI=1S/C18H27NO5/c1-6-11-18(4,22-5)17(21)19-13-9-10-15(23-7-2)14(12-13)16(20)24-8-3/h9-10,12H,6-8,11H2,1-5H3,(H,19,21)/t18-/m1/s1. The Hall–Kier alpha value is -2.08. The molecule has 0 fully saturated rings. The summed E-state index contributed by atoms with van der Waals surface area (Å²) in [5.41, 5.74) is -0.144. The summed E-state index contributed by atoms with van der Waals surface area (Å²) in [4.78, 5) is 24.6. The molecule has 1 aromatic rings. The van der Waals surface area contributed by atoms with Gasteiger partial charge in [-0.2, -0.15) is 0 Å². The number of hydrogen-bond acceptors (Lipinski definition) is 5. The molecule has 1 rings (SSSR count). The minimum atomic E-state index is -0.919. The maximum atomic E-state index is 12.5. The molecular weight excluding hydrogens is 310 g/mol. The van der Waals surface area contributed by atoms with Gasteiger partial charge in [-0.05, 0) is 45.4 Å². The fourth-order valence-electron chi connectivity index (χ4n) is 2.31. The fourth-order valence-corrected chi connectivity index (χ4v) is 2.31. The van der Waals surface area contributed by atoms with E-state index >= 15 is 0 Å². The van der Waals surface area contributed by atoms with E-state index in [0.29, 0.717) is 24.5 Å². The second kappa shape index (κ2) is 9.27. The third-order valence-corrected chi connectivity index (χ3v) is 3.69. The van der Waals surface area contributed by atoms with Crippen molar-refractivity contribution in [1.29, 1.82) is 0 Å². The Morgan fingerprint density at radius 2 is 1.88 bits per heavy atom. The van der Waals surface area contributed by atoms with Crippen LogP contribution >= 0.6 is 0 Å². The van der Waals surface area contributed by atoms with Gasteiger partial charge in [0.25, 0.3) is 5.91 Å². The Labute approximate surface area is 143 Å². The molecule has 0 saturated carbocycles. The minimum Gasteiger partial charge on any atom is -0.493 e. The highest BCUT2D eigenvalue weighted by Gasteiger charge is 2.32. The van der Waals surface area contributed by atoms with Crippen LogP contribution in [0.5, 0.6) is 5.75 Å². The van der Waals surface area contributed by atoms with Crippen molar-refractivity contribution < 1.29 is 23.8 Å². The molecule has 6 nitrogen and oxygen atoms in total. The zero-order chi connectivity index (χ0) is 18.2. The first-order valence-corrected chi connectivity index (χ1v) is 8.22. The van der Waals surface area contributed by atoms with Crippen LogP contribution in [0.2, 0.25) is 0 Å². The van der Waals surface area contributed by atoms with Crippen molar-refractivity contribution in [1.82, 2.24) is 0 Å². The molecule has 0 radical (unpaired) electrons. The van der Waals surface area contributed by atoms with Gasteiger partial charge in [0.15, 0.2) is 0 Å². The monoisotopic (exact) mass is 337 g/mol. The quantitative estimate of drug-likeness (QED) is 0.699. The largest absolute Gasteiger partial charge is 0.493 e. The van der Waals surface area contributed by atoms with E-state index in [2.05, 4.69) is 5.32 Å². The van der Waals surface area contributed by atoms with Crippen LogP contribution in [0.1, 0.15) is 50.9 Å². The second-order valence-electron chi connectivity index (χ2n) is 5.50. The molecule has 0 aliphatic carbocycles. The lowest BCUT2D eigenvalue weighted by molar-refractivity contribution is -0.136. The molecule has 0 spiro atoms. The summed E-state index contributed by atoms with van der Waals surface area (Å²) >= 11 is 0. The maximum Gasteiger partial charge on any atom is 0.341 e. The summed E-state index contributed by atoms with van der Waals surface area (Å²) in [6.45, 7) is 7.99. The number of carbonyl (C=O) groups is 2. The van der Waals surface area contributed by atoms with E-state index in [9.17, 15) is 9.59 Å². The third-order valence-electron chi connectivity index (χ3n) is 3.69. The molecular formula is C18H27NO5. The topological polar surface area (TPSA) is 73.9 Å². The van der Waals surface area contributed by atoms with Crippen LogP contribution in [0.4, 0.5) is 5.69 Å². The normalized spacial score (nSPS) is 13.0. The first-order chi connectivity index (χ1) is 11.4. The van der Waals surface area contributed by atoms with E-state index in [-0.39, 0.29) is 18.1 Å². The summed E-state index contributed by atoms with van der Waals surface area (Å²) in [7, 11) is 1.51. The van der Waals surface area contributed by atoms with Crippen LogP contribution in [0, 0.1) is 0 Å². The van der Waals surface area contributed by atoms with Crippen LogP contribution in [0.25, 0.3) is 0 Å². The molecule has 0 bridgehead atoms. The summed E-state index contributed by atoms with van der Waals surface area (Å²) in [6, 6.07) is 4.89. The number of rotatable bonds is 9. The van der Waals surface area contributed by atoms with Crippen LogP contribution < -0.4 is 10.1 Å². The summed E-state index contributed by atoms with van der Waals surface area (Å²) in [5, 5.41) is 2.80. The van der Waals surface area contributed by atoms with Crippen LogP contribution in [0.3, 0.4) is 0 Å². The Balaban J connectivity index is 3.06. The lowest BCUT2D eigenvalue weighted by atomic mass is 9.99. The average molecular weight is 337 g/mol. The molecule has 0 aliphatic heterocycles. The number of ether oxygens (including phenoxy) is 3. The van der Waals surface area contributed by atoms with E-state index in [4.69, 9.17) is 14.2 Å². The second-order valence-corrected chi connectivity index (χ2v) is 5.50. The van der Waals surface area contributed by atoms with Gasteiger partial charge in [-0.3, -0.25) is 4.79 Å². The summed E-state index contributed by atoms with van der Waals surface area (Å²) in [6.07, 6.45) is 1.41. The molecule has 0 heterocycles. The molecule has 0 aliphatic rings. The van der Waals surface area contributed by atoms with Gasteiger partial charge in [-0.1, -0.05) is 13.3 Å². The Kier molecular flexibility index (Phi) is 7.71. The Morgan fingerprint density at radius 1 is 1.17 bits per heavy atom. The van der Waals surface area contributed by atoms with Crippen molar-refractivity contribution in [3.63, 3.8) is 0 Å². The van der Waals surface area contributed by atoms with Crippen LogP contribution in [0.15, 0.2) is 18.2 Å². The van der Waals surface area contributed by atoms with Gasteiger partial charge in [0.05, 0.1) is 13.2 Å². The van der Waals surface area contributed by atoms with Gasteiger partial charge in [0.2, 0.25) is 0 Å². The molecule has 1 amide bonds. The molecule has 24 heavy (non-hydrogen) atoms. The third kappa shape index (κ3) is 4.96. The van der Waals surface area contributed by atoms with Crippen molar-refractivity contribution in [3.8, 4) is 5.75 Å². The number of carbonyl (C=O) groups excluding carboxylic acids is 2. The molecule has 0 saturated heterocycles. The highest BCUT2D eigenvalue weighted by Crippen LogP contribution is 2.26. The van der Waals surface area contributed by atoms with Gasteiger partial charge >= 0.3 is 5.97 Å². The van der Waals surface area contributed by atoms with Gasteiger partial charge in [0.1, 0.15) is 16.9 Å². The van der Waals surface area contributed by atoms with E-state index in [1.165, 1.54) is 7.11 Å². The first-order valence-electron chi connectivity index (χ1n) is 8.22. The van der Waals surface area contributed by atoms with E-state index in [0.717, 1.165) is 6.42 Å². The van der Waals surface area contributed by atoms with Crippen LogP contribution in [-0.2, 0) is 14.3 Å². The smallest absolute Gasteiger partial charge is 0.341 e. The van der Waals surface area contributed by atoms with E-state index in [1.807, 2.05) is 13.8 Å². The fraction of sp³-hybridized carbons (Fsp3) is 0.556. The number of hydrogen-bond donors (Lipinski definition) is 1. The van der Waals surface area contributed by atoms with Crippen molar-refractivity contribution in [2.45, 2.75) is 46.1 Å². The molecule has 0 aromatic heterocycles. The highest BCUT2D eigenvalue weighted by atomic mass is 16.5. The number of amides is 1. The lowest BCUT2D eigenvalue weighted by Crippen LogP contribution is -2.41. The van der Waals surface area contributed by atoms with Gasteiger partial charge in [0, 0.05) is 12.8 Å². The molecule has 1 atom stereocenters. The van der Waals surface area contributed by atoms with E-state index < -0.39 is 11.6 Å². The Bertz CT molecular complexity index is 573. The summed E-state index contributed by atoms with van der Waals surface area (Å²) < 4.78 is 15.9. The number of esters is 1. The van der Waals surface area contributed by atoms with E-state index in [1.54, 1.807) is 32.0 Å². The predicted molar refractivity (Wildman–Crippen MR) is 92.5 cm³/mol. The number of anilines is 1. The number of nitrogens with one attached hydrogen (secondary N) is 1. The number of benzene rings is 1. The molecule has 0 unspecified atom stereocenters. The van der Waals surface area contributed by atoms with Crippen molar-refractivity contribution in [2.75, 3.05) is 25.6 Å². The molecule has 1 aromatic carbocycles. The van der Waals surface area contributed by atoms with Crippen molar-refractivity contribution in [2.24, 2.45) is 0 Å². The predicted octanol–water partition coefficient (Wildman–Crippen LogP) is 3.41. The lowest BCUT2D eigenvalue weighted by Gasteiger charge is -2.26. The van der Waals surface area contributed by atoms with Gasteiger partial charge in [-0.15, -0.1) is 0 Å². The van der Waals surface area contributed by atoms with Gasteiger partial charge in [-0.25, -0.2) is 4.79 Å². The number of methoxy groups -OCH3 is 1. The zero-order valence-electron chi connectivity index (χ0n) is 15.1. The Morgan fingerprint density at radius 3 is 2.42 bits per heavy atom. The average Bonchev–Trinajstić information content (AvgIpc) is 2.56. The zero-order valence-corrected chi connectivity index (χ0v) is 15.1. The molecule has 6 heteroatoms. The van der Waals surface area contributed by atoms with Crippen LogP contribution in [-0.4, -0.2) is 37.8 Å². The molecule has 1 N–H and O–H groups in total. The minimum absolute atomic E-state index is 0.259. The van der Waals surface area contributed by atoms with Crippen molar-refractivity contribution >= 4 is 17.6 Å². The first kappa shape index (κ1) is 20.0. The molecule has 134 valence electrons.